The molecule has 0 spiro atoms. The minimum atomic E-state index is -1.04. The molecule has 15 heavy (non-hydrogen) atoms. The Balaban J connectivity index is 2.37. The Kier molecular flexibility index (Phi) is 2.09. The van der Waals surface area contributed by atoms with Crippen LogP contribution in [0, 0.1) is 0 Å². The summed E-state index contributed by atoms with van der Waals surface area (Å²) in [5.74, 6) is -0.634. The number of aromatic amines is 1. The fraction of sp³-hybridized carbons (Fsp3) is 0. The quantitative estimate of drug-likeness (QED) is 0.669. The van der Waals surface area contributed by atoms with Crippen LogP contribution in [-0.4, -0.2) is 26.3 Å². The number of hydrogen-bond donors (Lipinski definition) is 3. The van der Waals surface area contributed by atoms with Gasteiger partial charge in [-0.1, -0.05) is 0 Å². The van der Waals surface area contributed by atoms with Gasteiger partial charge in [-0.05, 0) is 18.2 Å². The van der Waals surface area contributed by atoms with E-state index in [1.165, 1.54) is 12.3 Å². The van der Waals surface area contributed by atoms with Gasteiger partial charge in [0, 0.05) is 11.8 Å². The molecule has 0 unspecified atom stereocenters. The largest absolute Gasteiger partial charge is 0.477 e. The summed E-state index contributed by atoms with van der Waals surface area (Å²) in [5, 5.41) is 14.9. The normalized spacial score (nSPS) is 10.1. The van der Waals surface area contributed by atoms with E-state index in [9.17, 15) is 4.79 Å². The second-order valence-electron chi connectivity index (χ2n) is 2.94. The van der Waals surface area contributed by atoms with E-state index in [4.69, 9.17) is 10.8 Å². The number of pyridine rings is 1. The Morgan fingerprint density at radius 3 is 2.80 bits per heavy atom. The van der Waals surface area contributed by atoms with Crippen LogP contribution in [0.3, 0.4) is 0 Å². The second-order valence-corrected chi connectivity index (χ2v) is 2.94. The lowest BCUT2D eigenvalue weighted by atomic mass is 10.2. The highest BCUT2D eigenvalue weighted by atomic mass is 16.4. The maximum absolute atomic E-state index is 10.6. The molecule has 6 nitrogen and oxygen atoms in total. The lowest BCUT2D eigenvalue weighted by Gasteiger charge is -1.95. The fourth-order valence-corrected chi connectivity index (χ4v) is 1.14. The highest BCUT2D eigenvalue weighted by molar-refractivity contribution is 5.86. The summed E-state index contributed by atoms with van der Waals surface area (Å²) < 4.78 is 0. The number of aromatic nitrogens is 3. The van der Waals surface area contributed by atoms with E-state index in [1.807, 2.05) is 0 Å². The molecule has 0 aromatic carbocycles. The van der Waals surface area contributed by atoms with E-state index < -0.39 is 5.97 Å². The average molecular weight is 204 g/mol. The van der Waals surface area contributed by atoms with E-state index >= 15 is 0 Å². The molecule has 4 N–H and O–H groups in total. The van der Waals surface area contributed by atoms with Crippen LogP contribution < -0.4 is 5.73 Å². The van der Waals surface area contributed by atoms with Crippen molar-refractivity contribution in [1.29, 1.82) is 0 Å². The van der Waals surface area contributed by atoms with E-state index in [2.05, 4.69) is 15.2 Å². The molecule has 0 aliphatic rings. The zero-order valence-corrected chi connectivity index (χ0v) is 7.64. The van der Waals surface area contributed by atoms with Crippen LogP contribution in [0.5, 0.6) is 0 Å². The summed E-state index contributed by atoms with van der Waals surface area (Å²) in [6, 6.07) is 4.80. The number of nitrogen functional groups attached to an aromatic ring is 1. The molecule has 0 amide bonds. The molecule has 2 heterocycles. The van der Waals surface area contributed by atoms with E-state index in [1.54, 1.807) is 12.1 Å². The van der Waals surface area contributed by atoms with Crippen LogP contribution >= 0.6 is 0 Å². The van der Waals surface area contributed by atoms with Gasteiger partial charge >= 0.3 is 5.97 Å². The predicted octanol–water partition coefficient (Wildman–Crippen LogP) is 0.752. The SMILES string of the molecule is Nc1ccc(-c2cc(C(=O)O)[nH]n2)cn1. The Hall–Kier alpha value is -2.37. The van der Waals surface area contributed by atoms with Crippen molar-refractivity contribution >= 4 is 11.8 Å². The van der Waals surface area contributed by atoms with Crippen LogP contribution in [0.2, 0.25) is 0 Å². The van der Waals surface area contributed by atoms with E-state index in [0.717, 1.165) is 0 Å². The van der Waals surface area contributed by atoms with Crippen LogP contribution in [-0.2, 0) is 0 Å². The molecule has 76 valence electrons. The second kappa shape index (κ2) is 3.41. The Labute approximate surface area is 84.8 Å². The third-order valence-electron chi connectivity index (χ3n) is 1.89. The van der Waals surface area contributed by atoms with E-state index in [0.29, 0.717) is 17.1 Å². The average Bonchev–Trinajstić information content (AvgIpc) is 2.68. The molecule has 2 rings (SSSR count). The van der Waals surface area contributed by atoms with Gasteiger partial charge < -0.3 is 10.8 Å². The summed E-state index contributed by atoms with van der Waals surface area (Å²) in [6.07, 6.45) is 1.54. The minimum Gasteiger partial charge on any atom is -0.477 e. The number of carbonyl (C=O) groups is 1. The molecule has 0 atom stereocenters. The molecule has 0 radical (unpaired) electrons. The van der Waals surface area contributed by atoms with Crippen molar-refractivity contribution in [2.75, 3.05) is 5.73 Å². The molecule has 0 fully saturated rings. The van der Waals surface area contributed by atoms with Crippen molar-refractivity contribution in [2.45, 2.75) is 0 Å². The molecule has 0 saturated carbocycles. The Morgan fingerprint density at radius 2 is 2.27 bits per heavy atom. The van der Waals surface area contributed by atoms with Gasteiger partial charge in [0.1, 0.15) is 11.5 Å². The number of H-pyrrole nitrogens is 1. The highest BCUT2D eigenvalue weighted by Crippen LogP contribution is 2.17. The molecule has 0 saturated heterocycles. The van der Waals surface area contributed by atoms with Crippen molar-refractivity contribution in [3.8, 4) is 11.3 Å². The lowest BCUT2D eigenvalue weighted by molar-refractivity contribution is 0.0690. The monoisotopic (exact) mass is 204 g/mol. The highest BCUT2D eigenvalue weighted by Gasteiger charge is 2.08. The molecule has 6 heteroatoms. The smallest absolute Gasteiger partial charge is 0.353 e. The van der Waals surface area contributed by atoms with Crippen LogP contribution in [0.1, 0.15) is 10.5 Å². The van der Waals surface area contributed by atoms with Crippen LogP contribution in [0.15, 0.2) is 24.4 Å². The Morgan fingerprint density at radius 1 is 1.47 bits per heavy atom. The summed E-state index contributed by atoms with van der Waals surface area (Å²) >= 11 is 0. The number of hydrogen-bond acceptors (Lipinski definition) is 4. The summed E-state index contributed by atoms with van der Waals surface area (Å²) in [7, 11) is 0. The van der Waals surface area contributed by atoms with Crippen molar-refractivity contribution < 1.29 is 9.90 Å². The van der Waals surface area contributed by atoms with Gasteiger partial charge in [0.15, 0.2) is 0 Å². The maximum Gasteiger partial charge on any atom is 0.353 e. The first-order chi connectivity index (χ1) is 7.16. The predicted molar refractivity (Wildman–Crippen MR) is 53.2 cm³/mol. The summed E-state index contributed by atoms with van der Waals surface area (Å²) in [6.45, 7) is 0. The fourth-order valence-electron chi connectivity index (χ4n) is 1.14. The van der Waals surface area contributed by atoms with Gasteiger partial charge in [-0.25, -0.2) is 9.78 Å². The zero-order chi connectivity index (χ0) is 10.8. The minimum absolute atomic E-state index is 0.0434. The summed E-state index contributed by atoms with van der Waals surface area (Å²) in [5.41, 5.74) is 6.71. The number of rotatable bonds is 2. The first-order valence-electron chi connectivity index (χ1n) is 4.17. The number of carboxylic acids is 1. The number of aromatic carboxylic acids is 1. The standard InChI is InChI=1S/C9H8N4O2/c10-8-2-1-5(4-11-8)6-3-7(9(14)15)13-12-6/h1-4H,(H2,10,11)(H,12,13)(H,14,15). The maximum atomic E-state index is 10.6. The van der Waals surface area contributed by atoms with Crippen LogP contribution in [0.4, 0.5) is 5.82 Å². The zero-order valence-electron chi connectivity index (χ0n) is 7.64. The van der Waals surface area contributed by atoms with E-state index in [-0.39, 0.29) is 5.69 Å². The number of nitrogens with one attached hydrogen (secondary N) is 1. The summed E-state index contributed by atoms with van der Waals surface area (Å²) in [4.78, 5) is 14.5. The third-order valence-corrected chi connectivity index (χ3v) is 1.89. The van der Waals surface area contributed by atoms with Gasteiger partial charge in [-0.3, -0.25) is 5.10 Å². The first-order valence-corrected chi connectivity index (χ1v) is 4.17. The molecule has 2 aromatic heterocycles. The molecular weight excluding hydrogens is 196 g/mol. The van der Waals surface area contributed by atoms with Gasteiger partial charge in [-0.15, -0.1) is 0 Å². The third kappa shape index (κ3) is 1.78. The molecule has 0 bridgehead atoms. The Bertz CT molecular complexity index is 489. The molecule has 2 aromatic rings. The van der Waals surface area contributed by atoms with Gasteiger partial charge in [0.25, 0.3) is 0 Å². The van der Waals surface area contributed by atoms with Gasteiger partial charge in [-0.2, -0.15) is 5.10 Å². The van der Waals surface area contributed by atoms with Crippen molar-refractivity contribution in [3.05, 3.63) is 30.1 Å². The van der Waals surface area contributed by atoms with Crippen molar-refractivity contribution in [2.24, 2.45) is 0 Å². The van der Waals surface area contributed by atoms with Crippen LogP contribution in [0.25, 0.3) is 11.3 Å². The molecule has 0 aliphatic heterocycles. The molecule has 0 aliphatic carbocycles. The number of nitrogens with two attached hydrogens (primary N) is 1. The molecular formula is C9H8N4O2. The van der Waals surface area contributed by atoms with Crippen molar-refractivity contribution in [3.63, 3.8) is 0 Å². The number of carboxylic acid groups (broad SMARTS) is 1. The van der Waals surface area contributed by atoms with Crippen molar-refractivity contribution in [1.82, 2.24) is 15.2 Å². The topological polar surface area (TPSA) is 105 Å². The van der Waals surface area contributed by atoms with Gasteiger partial charge in [0.05, 0.1) is 5.69 Å². The first kappa shape index (κ1) is 9.20. The number of anilines is 1. The lowest BCUT2D eigenvalue weighted by Crippen LogP contribution is -1.95. The van der Waals surface area contributed by atoms with Gasteiger partial charge in [0.2, 0.25) is 0 Å². The number of nitrogens with zero attached hydrogens (tertiary/aromatic N) is 2.